The fourth-order valence-corrected chi connectivity index (χ4v) is 2.89. The first-order valence-corrected chi connectivity index (χ1v) is 7.95. The minimum Gasteiger partial charge on any atom is -0.483 e. The van der Waals surface area contributed by atoms with Gasteiger partial charge in [0, 0.05) is 11.5 Å². The van der Waals surface area contributed by atoms with Crippen LogP contribution in [0, 0.1) is 13.8 Å². The number of ether oxygens (including phenoxy) is 1. The first kappa shape index (κ1) is 14.9. The lowest BCUT2D eigenvalue weighted by atomic mass is 9.89. The van der Waals surface area contributed by atoms with E-state index in [0.717, 1.165) is 5.75 Å². The number of hydrogen-bond acceptors (Lipinski definition) is 1. The van der Waals surface area contributed by atoms with Crippen molar-refractivity contribution in [1.82, 2.24) is 0 Å². The highest BCUT2D eigenvalue weighted by Gasteiger charge is 2.22. The standard InChI is InChI=1S/C21H24O/c1-14-6-7-17(12-15(14)2)16(3)18-8-9-20-19(13-18)10-11-21(4,5)22-20/h6-13,16H,1-5H3. The van der Waals surface area contributed by atoms with Gasteiger partial charge in [-0.3, -0.25) is 0 Å². The third kappa shape index (κ3) is 2.81. The monoisotopic (exact) mass is 292 g/mol. The Hall–Kier alpha value is -2.02. The Kier molecular flexibility index (Phi) is 3.60. The zero-order valence-corrected chi connectivity index (χ0v) is 14.1. The fourth-order valence-electron chi connectivity index (χ4n) is 2.89. The Morgan fingerprint density at radius 1 is 0.909 bits per heavy atom. The summed E-state index contributed by atoms with van der Waals surface area (Å²) in [5, 5.41) is 0. The van der Waals surface area contributed by atoms with E-state index in [4.69, 9.17) is 4.74 Å². The van der Waals surface area contributed by atoms with Crippen LogP contribution in [0.4, 0.5) is 0 Å². The highest BCUT2D eigenvalue weighted by molar-refractivity contribution is 5.62. The van der Waals surface area contributed by atoms with E-state index in [1.165, 1.54) is 27.8 Å². The normalized spacial score (nSPS) is 16.8. The molecule has 1 heterocycles. The van der Waals surface area contributed by atoms with Crippen LogP contribution in [-0.2, 0) is 0 Å². The zero-order valence-electron chi connectivity index (χ0n) is 14.1. The quantitative estimate of drug-likeness (QED) is 0.696. The summed E-state index contributed by atoms with van der Waals surface area (Å²) in [6.07, 6.45) is 4.30. The molecule has 2 aromatic rings. The molecule has 22 heavy (non-hydrogen) atoms. The van der Waals surface area contributed by atoms with Crippen LogP contribution in [0.5, 0.6) is 5.75 Å². The fraction of sp³-hybridized carbons (Fsp3) is 0.333. The maximum atomic E-state index is 6.01. The van der Waals surface area contributed by atoms with E-state index < -0.39 is 0 Å². The highest BCUT2D eigenvalue weighted by Crippen LogP contribution is 2.34. The molecule has 1 atom stereocenters. The number of fused-ring (bicyclic) bond motifs is 1. The molecule has 1 heteroatoms. The van der Waals surface area contributed by atoms with Crippen molar-refractivity contribution in [3.8, 4) is 5.75 Å². The van der Waals surface area contributed by atoms with Gasteiger partial charge in [-0.25, -0.2) is 0 Å². The van der Waals surface area contributed by atoms with Gasteiger partial charge in [0.15, 0.2) is 0 Å². The Labute approximate surface area is 133 Å². The maximum absolute atomic E-state index is 6.01. The molecule has 1 unspecified atom stereocenters. The maximum Gasteiger partial charge on any atom is 0.127 e. The third-order valence-corrected chi connectivity index (χ3v) is 4.60. The summed E-state index contributed by atoms with van der Waals surface area (Å²) in [6, 6.07) is 13.3. The number of rotatable bonds is 2. The van der Waals surface area contributed by atoms with Crippen molar-refractivity contribution in [2.75, 3.05) is 0 Å². The van der Waals surface area contributed by atoms with E-state index in [1.807, 2.05) is 0 Å². The van der Waals surface area contributed by atoms with E-state index in [-0.39, 0.29) is 5.60 Å². The summed E-state index contributed by atoms with van der Waals surface area (Å²) < 4.78 is 6.01. The van der Waals surface area contributed by atoms with Crippen LogP contribution in [0.1, 0.15) is 54.5 Å². The molecule has 0 amide bonds. The van der Waals surface area contributed by atoms with Crippen molar-refractivity contribution in [3.05, 3.63) is 70.3 Å². The van der Waals surface area contributed by atoms with Crippen LogP contribution >= 0.6 is 0 Å². The van der Waals surface area contributed by atoms with Gasteiger partial charge in [0.05, 0.1) is 0 Å². The molecule has 0 N–H and O–H groups in total. The molecule has 1 nitrogen and oxygen atoms in total. The van der Waals surface area contributed by atoms with Gasteiger partial charge in [-0.2, -0.15) is 0 Å². The van der Waals surface area contributed by atoms with Crippen molar-refractivity contribution in [3.63, 3.8) is 0 Å². The van der Waals surface area contributed by atoms with Crippen LogP contribution in [0.3, 0.4) is 0 Å². The van der Waals surface area contributed by atoms with Crippen molar-refractivity contribution in [2.24, 2.45) is 0 Å². The van der Waals surface area contributed by atoms with Gasteiger partial charge in [0.25, 0.3) is 0 Å². The molecule has 0 saturated heterocycles. The minimum absolute atomic E-state index is 0.214. The zero-order chi connectivity index (χ0) is 15.9. The molecule has 0 radical (unpaired) electrons. The molecule has 1 aliphatic rings. The van der Waals surface area contributed by atoms with Crippen LogP contribution in [0.2, 0.25) is 0 Å². The molecule has 0 bridgehead atoms. The average Bonchev–Trinajstić information content (AvgIpc) is 2.48. The topological polar surface area (TPSA) is 9.23 Å². The van der Waals surface area contributed by atoms with E-state index in [0.29, 0.717) is 5.92 Å². The first-order chi connectivity index (χ1) is 10.4. The third-order valence-electron chi connectivity index (χ3n) is 4.60. The highest BCUT2D eigenvalue weighted by atomic mass is 16.5. The van der Waals surface area contributed by atoms with Crippen molar-refractivity contribution >= 4 is 6.08 Å². The lowest BCUT2D eigenvalue weighted by Gasteiger charge is -2.28. The Balaban J connectivity index is 1.94. The second kappa shape index (κ2) is 5.31. The molecule has 2 aromatic carbocycles. The van der Waals surface area contributed by atoms with Crippen molar-refractivity contribution in [1.29, 1.82) is 0 Å². The molecule has 1 aliphatic heterocycles. The summed E-state index contributed by atoms with van der Waals surface area (Å²) in [4.78, 5) is 0. The number of aryl methyl sites for hydroxylation is 2. The molecule has 0 aromatic heterocycles. The molecule has 0 fully saturated rings. The molecule has 3 rings (SSSR count). The lowest BCUT2D eigenvalue weighted by molar-refractivity contribution is 0.159. The predicted molar refractivity (Wildman–Crippen MR) is 93.6 cm³/mol. The molecular weight excluding hydrogens is 268 g/mol. The van der Waals surface area contributed by atoms with Crippen LogP contribution in [-0.4, -0.2) is 5.60 Å². The van der Waals surface area contributed by atoms with Gasteiger partial charge in [-0.15, -0.1) is 0 Å². The largest absolute Gasteiger partial charge is 0.483 e. The summed E-state index contributed by atoms with van der Waals surface area (Å²) in [5.41, 5.74) is 6.35. The molecule has 114 valence electrons. The van der Waals surface area contributed by atoms with E-state index >= 15 is 0 Å². The molecule has 0 aliphatic carbocycles. The van der Waals surface area contributed by atoms with Crippen molar-refractivity contribution < 1.29 is 4.74 Å². The minimum atomic E-state index is -0.214. The van der Waals surface area contributed by atoms with E-state index in [2.05, 4.69) is 83.2 Å². The molecule has 0 saturated carbocycles. The molecular formula is C21H24O. The van der Waals surface area contributed by atoms with Gasteiger partial charge >= 0.3 is 0 Å². The summed E-state index contributed by atoms with van der Waals surface area (Å²) in [7, 11) is 0. The van der Waals surface area contributed by atoms with Crippen molar-refractivity contribution in [2.45, 2.75) is 46.1 Å². The Morgan fingerprint density at radius 3 is 2.32 bits per heavy atom. The lowest BCUT2D eigenvalue weighted by Crippen LogP contribution is -2.27. The second-order valence-corrected chi connectivity index (χ2v) is 6.90. The Bertz CT molecular complexity index is 738. The van der Waals surface area contributed by atoms with Gasteiger partial charge in [-0.05, 0) is 68.2 Å². The van der Waals surface area contributed by atoms with Gasteiger partial charge in [-0.1, -0.05) is 37.3 Å². The summed E-state index contributed by atoms with van der Waals surface area (Å²) in [6.45, 7) is 10.8. The van der Waals surface area contributed by atoms with Crippen LogP contribution in [0.15, 0.2) is 42.5 Å². The smallest absolute Gasteiger partial charge is 0.127 e. The predicted octanol–water partition coefficient (Wildman–Crippen LogP) is 5.64. The number of hydrogen-bond donors (Lipinski definition) is 0. The Morgan fingerprint density at radius 2 is 1.59 bits per heavy atom. The first-order valence-electron chi connectivity index (χ1n) is 7.95. The van der Waals surface area contributed by atoms with E-state index in [1.54, 1.807) is 0 Å². The summed E-state index contributed by atoms with van der Waals surface area (Å²) >= 11 is 0. The van der Waals surface area contributed by atoms with E-state index in [9.17, 15) is 0 Å². The average molecular weight is 292 g/mol. The summed E-state index contributed by atoms with van der Waals surface area (Å²) in [5.74, 6) is 1.36. The SMILES string of the molecule is Cc1ccc(C(C)c2ccc3c(c2)C=CC(C)(C)O3)cc1C. The molecule has 0 spiro atoms. The van der Waals surface area contributed by atoms with Crippen LogP contribution < -0.4 is 4.74 Å². The second-order valence-electron chi connectivity index (χ2n) is 6.90. The van der Waals surface area contributed by atoms with Gasteiger partial charge in [0.1, 0.15) is 11.4 Å². The van der Waals surface area contributed by atoms with Crippen LogP contribution in [0.25, 0.3) is 6.08 Å². The van der Waals surface area contributed by atoms with Gasteiger partial charge in [0.2, 0.25) is 0 Å². The number of benzene rings is 2. The van der Waals surface area contributed by atoms with Gasteiger partial charge < -0.3 is 4.74 Å².